The first-order valence-electron chi connectivity index (χ1n) is 6.01. The number of ether oxygens (including phenoxy) is 1. The number of hydrogen-bond acceptors (Lipinski definition) is 3. The zero-order valence-corrected chi connectivity index (χ0v) is 10.4. The predicted molar refractivity (Wildman–Crippen MR) is 70.7 cm³/mol. The second kappa shape index (κ2) is 6.17. The Kier molecular flexibility index (Phi) is 4.31. The van der Waals surface area contributed by atoms with Crippen LogP contribution in [0.25, 0.3) is 0 Å². The van der Waals surface area contributed by atoms with Crippen LogP contribution in [-0.4, -0.2) is 23.3 Å². The summed E-state index contributed by atoms with van der Waals surface area (Å²) < 4.78 is 5.69. The molecular formula is C15H17NO2. The van der Waals surface area contributed by atoms with Crippen molar-refractivity contribution in [2.45, 2.75) is 12.8 Å². The highest BCUT2D eigenvalue weighted by atomic mass is 16.5. The van der Waals surface area contributed by atoms with E-state index in [1.54, 1.807) is 6.20 Å². The Labute approximate surface area is 107 Å². The number of rotatable bonds is 5. The van der Waals surface area contributed by atoms with Crippen LogP contribution in [0.3, 0.4) is 0 Å². The van der Waals surface area contributed by atoms with Gasteiger partial charge in [-0.1, -0.05) is 18.2 Å². The van der Waals surface area contributed by atoms with Gasteiger partial charge in [0.2, 0.25) is 0 Å². The van der Waals surface area contributed by atoms with Gasteiger partial charge in [-0.05, 0) is 36.8 Å². The summed E-state index contributed by atoms with van der Waals surface area (Å²) in [6.07, 6.45) is 1.73. The highest BCUT2D eigenvalue weighted by Gasteiger charge is 2.12. The third kappa shape index (κ3) is 3.31. The Balaban J connectivity index is 2.00. The monoisotopic (exact) mass is 243 g/mol. The Hall–Kier alpha value is -1.87. The van der Waals surface area contributed by atoms with Gasteiger partial charge in [-0.2, -0.15) is 0 Å². The van der Waals surface area contributed by atoms with Gasteiger partial charge in [0.15, 0.2) is 0 Å². The SMILES string of the molecule is Cc1cccc(OCC(CO)c2ccccn2)c1. The van der Waals surface area contributed by atoms with Crippen LogP contribution < -0.4 is 4.74 Å². The third-order valence-electron chi connectivity index (χ3n) is 2.77. The minimum Gasteiger partial charge on any atom is -0.493 e. The van der Waals surface area contributed by atoms with E-state index < -0.39 is 0 Å². The summed E-state index contributed by atoms with van der Waals surface area (Å²) in [5.41, 5.74) is 2.01. The van der Waals surface area contributed by atoms with Crippen LogP contribution >= 0.6 is 0 Å². The van der Waals surface area contributed by atoms with E-state index in [9.17, 15) is 5.11 Å². The van der Waals surface area contributed by atoms with Crippen molar-refractivity contribution < 1.29 is 9.84 Å². The summed E-state index contributed by atoms with van der Waals surface area (Å²) >= 11 is 0. The number of aliphatic hydroxyl groups is 1. The predicted octanol–water partition coefficient (Wildman–Crippen LogP) is 2.54. The van der Waals surface area contributed by atoms with Crippen LogP contribution in [0.4, 0.5) is 0 Å². The fraction of sp³-hybridized carbons (Fsp3) is 0.267. The standard InChI is InChI=1S/C15H17NO2/c1-12-5-4-6-14(9-12)18-11-13(10-17)15-7-2-3-8-16-15/h2-9,13,17H,10-11H2,1H3. The molecule has 94 valence electrons. The molecule has 0 radical (unpaired) electrons. The van der Waals surface area contributed by atoms with E-state index in [2.05, 4.69) is 4.98 Å². The van der Waals surface area contributed by atoms with Crippen LogP contribution in [-0.2, 0) is 0 Å². The van der Waals surface area contributed by atoms with E-state index in [4.69, 9.17) is 4.74 Å². The van der Waals surface area contributed by atoms with Crippen molar-refractivity contribution in [3.8, 4) is 5.75 Å². The number of aliphatic hydroxyl groups excluding tert-OH is 1. The molecule has 0 saturated heterocycles. The zero-order valence-electron chi connectivity index (χ0n) is 10.4. The molecule has 18 heavy (non-hydrogen) atoms. The molecular weight excluding hydrogens is 226 g/mol. The molecule has 1 aromatic heterocycles. The van der Waals surface area contributed by atoms with Crippen LogP contribution in [0.1, 0.15) is 17.2 Å². The summed E-state index contributed by atoms with van der Waals surface area (Å²) in [4.78, 5) is 4.24. The quantitative estimate of drug-likeness (QED) is 0.877. The minimum atomic E-state index is -0.0910. The number of aromatic nitrogens is 1. The van der Waals surface area contributed by atoms with Crippen molar-refractivity contribution in [1.29, 1.82) is 0 Å². The molecule has 0 aliphatic heterocycles. The topological polar surface area (TPSA) is 42.4 Å². The van der Waals surface area contributed by atoms with E-state index in [1.807, 2.05) is 49.4 Å². The second-order valence-corrected chi connectivity index (χ2v) is 4.26. The summed E-state index contributed by atoms with van der Waals surface area (Å²) in [6.45, 7) is 2.48. The van der Waals surface area contributed by atoms with Crippen molar-refractivity contribution in [3.63, 3.8) is 0 Å². The van der Waals surface area contributed by atoms with Gasteiger partial charge < -0.3 is 9.84 Å². The lowest BCUT2D eigenvalue weighted by molar-refractivity contribution is 0.203. The fourth-order valence-corrected chi connectivity index (χ4v) is 1.75. The molecule has 1 unspecified atom stereocenters. The smallest absolute Gasteiger partial charge is 0.119 e. The van der Waals surface area contributed by atoms with Gasteiger partial charge in [-0.15, -0.1) is 0 Å². The molecule has 0 aliphatic carbocycles. The normalized spacial score (nSPS) is 12.1. The van der Waals surface area contributed by atoms with Gasteiger partial charge in [0.25, 0.3) is 0 Å². The van der Waals surface area contributed by atoms with Crippen LogP contribution in [0.5, 0.6) is 5.75 Å². The largest absolute Gasteiger partial charge is 0.493 e. The molecule has 0 saturated carbocycles. The van der Waals surface area contributed by atoms with Crippen LogP contribution in [0, 0.1) is 6.92 Å². The van der Waals surface area contributed by atoms with Gasteiger partial charge in [0.05, 0.1) is 19.1 Å². The average molecular weight is 243 g/mol. The molecule has 1 N–H and O–H groups in total. The third-order valence-corrected chi connectivity index (χ3v) is 2.77. The highest BCUT2D eigenvalue weighted by Crippen LogP contribution is 2.17. The molecule has 0 amide bonds. The molecule has 1 atom stereocenters. The molecule has 3 nitrogen and oxygen atoms in total. The molecule has 0 fully saturated rings. The van der Waals surface area contributed by atoms with E-state index >= 15 is 0 Å². The van der Waals surface area contributed by atoms with E-state index in [1.165, 1.54) is 0 Å². The number of benzene rings is 1. The maximum Gasteiger partial charge on any atom is 0.119 e. The molecule has 0 aliphatic rings. The molecule has 2 aromatic rings. The van der Waals surface area contributed by atoms with E-state index in [0.717, 1.165) is 17.0 Å². The van der Waals surface area contributed by atoms with Gasteiger partial charge in [-0.25, -0.2) is 0 Å². The van der Waals surface area contributed by atoms with Crippen molar-refractivity contribution in [1.82, 2.24) is 4.98 Å². The Morgan fingerprint density at radius 2 is 2.11 bits per heavy atom. The van der Waals surface area contributed by atoms with Crippen molar-refractivity contribution in [3.05, 3.63) is 59.9 Å². The maximum absolute atomic E-state index is 9.39. The molecule has 0 spiro atoms. The van der Waals surface area contributed by atoms with Crippen molar-refractivity contribution in [2.75, 3.05) is 13.2 Å². The molecule has 2 rings (SSSR count). The van der Waals surface area contributed by atoms with Crippen LogP contribution in [0.2, 0.25) is 0 Å². The van der Waals surface area contributed by atoms with Crippen molar-refractivity contribution in [2.24, 2.45) is 0 Å². The first-order valence-corrected chi connectivity index (χ1v) is 6.01. The van der Waals surface area contributed by atoms with Gasteiger partial charge in [0.1, 0.15) is 5.75 Å². The maximum atomic E-state index is 9.39. The molecule has 0 bridgehead atoms. The lowest BCUT2D eigenvalue weighted by Crippen LogP contribution is -2.15. The minimum absolute atomic E-state index is 0.0306. The second-order valence-electron chi connectivity index (χ2n) is 4.26. The Morgan fingerprint density at radius 1 is 1.22 bits per heavy atom. The van der Waals surface area contributed by atoms with Gasteiger partial charge in [-0.3, -0.25) is 4.98 Å². The first-order chi connectivity index (χ1) is 8.79. The fourth-order valence-electron chi connectivity index (χ4n) is 1.75. The van der Waals surface area contributed by atoms with E-state index in [0.29, 0.717) is 6.61 Å². The number of nitrogens with zero attached hydrogens (tertiary/aromatic N) is 1. The number of aryl methyl sites for hydroxylation is 1. The zero-order chi connectivity index (χ0) is 12.8. The molecule has 1 heterocycles. The lowest BCUT2D eigenvalue weighted by Gasteiger charge is -2.15. The Bertz CT molecular complexity index is 485. The average Bonchev–Trinajstić information content (AvgIpc) is 2.41. The van der Waals surface area contributed by atoms with Gasteiger partial charge >= 0.3 is 0 Å². The summed E-state index contributed by atoms with van der Waals surface area (Å²) in [7, 11) is 0. The number of pyridine rings is 1. The lowest BCUT2D eigenvalue weighted by atomic mass is 10.1. The summed E-state index contributed by atoms with van der Waals surface area (Å²) in [6, 6.07) is 13.6. The van der Waals surface area contributed by atoms with Crippen LogP contribution in [0.15, 0.2) is 48.7 Å². The highest BCUT2D eigenvalue weighted by molar-refractivity contribution is 5.27. The van der Waals surface area contributed by atoms with Gasteiger partial charge in [0, 0.05) is 11.9 Å². The number of hydrogen-bond donors (Lipinski definition) is 1. The summed E-state index contributed by atoms with van der Waals surface area (Å²) in [5, 5.41) is 9.39. The Morgan fingerprint density at radius 3 is 2.78 bits per heavy atom. The first kappa shape index (κ1) is 12.6. The van der Waals surface area contributed by atoms with Crippen molar-refractivity contribution >= 4 is 0 Å². The van der Waals surface area contributed by atoms with E-state index in [-0.39, 0.29) is 12.5 Å². The molecule has 1 aromatic carbocycles. The molecule has 3 heteroatoms. The summed E-state index contributed by atoms with van der Waals surface area (Å²) in [5.74, 6) is 0.732.